The summed E-state index contributed by atoms with van der Waals surface area (Å²) in [7, 11) is 0. The maximum absolute atomic E-state index is 12.2. The summed E-state index contributed by atoms with van der Waals surface area (Å²) in [6, 6.07) is 3.42. The topological polar surface area (TPSA) is 72.9 Å². The van der Waals surface area contributed by atoms with Gasteiger partial charge in [0.05, 0.1) is 11.4 Å². The van der Waals surface area contributed by atoms with Crippen LogP contribution >= 0.6 is 11.6 Å². The largest absolute Gasteiger partial charge is 0.397 e. The summed E-state index contributed by atoms with van der Waals surface area (Å²) in [5.41, 5.74) is 8.14. The van der Waals surface area contributed by atoms with Crippen LogP contribution < -0.4 is 11.1 Å². The Morgan fingerprint density at radius 3 is 2.95 bits per heavy atom. The van der Waals surface area contributed by atoms with E-state index in [1.165, 1.54) is 0 Å². The minimum absolute atomic E-state index is 0.253. The van der Waals surface area contributed by atoms with Crippen LogP contribution in [0.4, 0.5) is 11.4 Å². The predicted molar refractivity (Wildman–Crippen MR) is 76.5 cm³/mol. The number of carbonyl (C=O) groups excluding carboxylic acids is 1. The van der Waals surface area contributed by atoms with Gasteiger partial charge >= 0.3 is 0 Å². The number of nitrogen functional groups attached to an aromatic ring is 1. The van der Waals surface area contributed by atoms with Gasteiger partial charge in [0.1, 0.15) is 5.69 Å². The second kappa shape index (κ2) is 5.32. The first kappa shape index (κ1) is 13.4. The van der Waals surface area contributed by atoms with Crippen molar-refractivity contribution < 1.29 is 4.79 Å². The number of aryl methyl sites for hydroxylation is 2. The second-order valence-corrected chi connectivity index (χ2v) is 4.55. The van der Waals surface area contributed by atoms with Gasteiger partial charge in [-0.05, 0) is 31.5 Å². The van der Waals surface area contributed by atoms with Crippen molar-refractivity contribution in [3.8, 4) is 0 Å². The lowest BCUT2D eigenvalue weighted by molar-refractivity contribution is 0.101. The van der Waals surface area contributed by atoms with Crippen LogP contribution in [0.1, 0.15) is 23.0 Å². The molecule has 6 heteroatoms. The fourth-order valence-corrected chi connectivity index (χ4v) is 2.09. The smallest absolute Gasteiger partial charge is 0.272 e. The molecule has 2 aromatic heterocycles. The van der Waals surface area contributed by atoms with Gasteiger partial charge < -0.3 is 15.6 Å². The molecule has 3 N–H and O–H groups in total. The monoisotopic (exact) mass is 278 g/mol. The first-order valence-corrected chi connectivity index (χ1v) is 6.28. The standard InChI is InChI=1S/C13H15ClN4O/c1-3-18-7-9(15)6-10(18)13(19)17-11-8(2)4-5-16-12(11)14/h4-7H,3,15H2,1-2H3,(H,17,19). The fraction of sp³-hybridized carbons (Fsp3) is 0.231. The van der Waals surface area contributed by atoms with Crippen molar-refractivity contribution in [1.29, 1.82) is 0 Å². The number of hydrogen-bond donors (Lipinski definition) is 2. The average molecular weight is 279 g/mol. The Hall–Kier alpha value is -2.01. The predicted octanol–water partition coefficient (Wildman–Crippen LogP) is 2.70. The van der Waals surface area contributed by atoms with Crippen LogP contribution in [-0.2, 0) is 6.54 Å². The molecule has 0 atom stereocenters. The van der Waals surface area contributed by atoms with Gasteiger partial charge in [-0.3, -0.25) is 4.79 Å². The van der Waals surface area contributed by atoms with Crippen LogP contribution in [0.2, 0.25) is 5.15 Å². The highest BCUT2D eigenvalue weighted by Crippen LogP contribution is 2.23. The maximum Gasteiger partial charge on any atom is 0.272 e. The number of nitrogens with two attached hydrogens (primary N) is 1. The quantitative estimate of drug-likeness (QED) is 0.848. The third-order valence-corrected chi connectivity index (χ3v) is 3.13. The van der Waals surface area contributed by atoms with Crippen molar-refractivity contribution in [1.82, 2.24) is 9.55 Å². The summed E-state index contributed by atoms with van der Waals surface area (Å²) >= 11 is 5.98. The molecule has 0 radical (unpaired) electrons. The second-order valence-electron chi connectivity index (χ2n) is 4.19. The number of hydrogen-bond acceptors (Lipinski definition) is 3. The summed E-state index contributed by atoms with van der Waals surface area (Å²) in [6.07, 6.45) is 3.33. The van der Waals surface area contributed by atoms with Gasteiger partial charge in [-0.2, -0.15) is 0 Å². The molecule has 0 aliphatic heterocycles. The van der Waals surface area contributed by atoms with Crippen LogP contribution in [0, 0.1) is 6.92 Å². The molecule has 19 heavy (non-hydrogen) atoms. The molecule has 0 saturated carbocycles. The number of nitrogens with one attached hydrogen (secondary N) is 1. The Morgan fingerprint density at radius 2 is 2.32 bits per heavy atom. The van der Waals surface area contributed by atoms with Gasteiger partial charge in [-0.25, -0.2) is 4.98 Å². The average Bonchev–Trinajstić information content (AvgIpc) is 2.75. The Bertz CT molecular complexity index is 601. The molecule has 0 aliphatic rings. The van der Waals surface area contributed by atoms with Crippen molar-refractivity contribution in [2.24, 2.45) is 0 Å². The Morgan fingerprint density at radius 1 is 1.58 bits per heavy atom. The molecule has 100 valence electrons. The molecular formula is C13H15ClN4O. The number of halogens is 1. The highest BCUT2D eigenvalue weighted by molar-refractivity contribution is 6.32. The van der Waals surface area contributed by atoms with Crippen LogP contribution in [0.15, 0.2) is 24.5 Å². The van der Waals surface area contributed by atoms with E-state index in [1.807, 2.05) is 13.8 Å². The lowest BCUT2D eigenvalue weighted by atomic mass is 10.2. The van der Waals surface area contributed by atoms with E-state index >= 15 is 0 Å². The molecule has 0 unspecified atom stereocenters. The van der Waals surface area contributed by atoms with E-state index in [1.54, 1.807) is 29.1 Å². The SMILES string of the molecule is CCn1cc(N)cc1C(=O)Nc1c(C)ccnc1Cl. The van der Waals surface area contributed by atoms with E-state index in [0.29, 0.717) is 23.6 Å². The zero-order valence-corrected chi connectivity index (χ0v) is 11.5. The summed E-state index contributed by atoms with van der Waals surface area (Å²) in [5.74, 6) is -0.253. The molecular weight excluding hydrogens is 264 g/mol. The molecule has 1 amide bonds. The van der Waals surface area contributed by atoms with Crippen molar-refractivity contribution >= 4 is 28.9 Å². The molecule has 2 aromatic rings. The van der Waals surface area contributed by atoms with Crippen molar-refractivity contribution in [2.45, 2.75) is 20.4 Å². The highest BCUT2D eigenvalue weighted by Gasteiger charge is 2.15. The van der Waals surface area contributed by atoms with E-state index in [0.717, 1.165) is 5.56 Å². The summed E-state index contributed by atoms with van der Waals surface area (Å²) < 4.78 is 1.78. The number of carbonyl (C=O) groups is 1. The van der Waals surface area contributed by atoms with Gasteiger partial charge in [0.2, 0.25) is 0 Å². The van der Waals surface area contributed by atoms with E-state index in [-0.39, 0.29) is 11.1 Å². The van der Waals surface area contributed by atoms with E-state index in [2.05, 4.69) is 10.3 Å². The Balaban J connectivity index is 2.31. The zero-order chi connectivity index (χ0) is 14.0. The van der Waals surface area contributed by atoms with Crippen LogP contribution in [0.25, 0.3) is 0 Å². The fourth-order valence-electron chi connectivity index (χ4n) is 1.84. The van der Waals surface area contributed by atoms with Crippen molar-refractivity contribution in [3.63, 3.8) is 0 Å². The number of nitrogens with zero attached hydrogens (tertiary/aromatic N) is 2. The number of pyridine rings is 1. The lowest BCUT2D eigenvalue weighted by Gasteiger charge is -2.10. The number of amides is 1. The molecule has 0 saturated heterocycles. The molecule has 0 aliphatic carbocycles. The lowest BCUT2D eigenvalue weighted by Crippen LogP contribution is -2.17. The van der Waals surface area contributed by atoms with Crippen molar-refractivity contribution in [2.75, 3.05) is 11.1 Å². The van der Waals surface area contributed by atoms with Gasteiger partial charge in [0.25, 0.3) is 5.91 Å². The number of aromatic nitrogens is 2. The third-order valence-electron chi connectivity index (χ3n) is 2.84. The van der Waals surface area contributed by atoms with E-state index in [4.69, 9.17) is 17.3 Å². The first-order chi connectivity index (χ1) is 9.02. The normalized spacial score (nSPS) is 10.5. The van der Waals surface area contributed by atoms with Crippen LogP contribution in [0.5, 0.6) is 0 Å². The summed E-state index contributed by atoms with van der Waals surface area (Å²) in [4.78, 5) is 16.2. The van der Waals surface area contributed by atoms with E-state index < -0.39 is 0 Å². The van der Waals surface area contributed by atoms with Gasteiger partial charge in [-0.15, -0.1) is 0 Å². The maximum atomic E-state index is 12.2. The minimum Gasteiger partial charge on any atom is -0.397 e. The molecule has 0 fully saturated rings. The number of rotatable bonds is 3. The number of anilines is 2. The molecule has 5 nitrogen and oxygen atoms in total. The zero-order valence-electron chi connectivity index (χ0n) is 10.8. The van der Waals surface area contributed by atoms with Gasteiger partial charge in [-0.1, -0.05) is 11.6 Å². The molecule has 0 spiro atoms. The van der Waals surface area contributed by atoms with Gasteiger partial charge in [0, 0.05) is 18.9 Å². The van der Waals surface area contributed by atoms with E-state index in [9.17, 15) is 4.79 Å². The Kier molecular flexibility index (Phi) is 3.76. The van der Waals surface area contributed by atoms with Crippen LogP contribution in [-0.4, -0.2) is 15.5 Å². The Labute approximate surface area is 116 Å². The van der Waals surface area contributed by atoms with Gasteiger partial charge in [0.15, 0.2) is 5.15 Å². The first-order valence-electron chi connectivity index (χ1n) is 5.91. The molecule has 2 heterocycles. The minimum atomic E-state index is -0.253. The third kappa shape index (κ3) is 2.71. The summed E-state index contributed by atoms with van der Waals surface area (Å²) in [6.45, 7) is 4.47. The molecule has 2 rings (SSSR count). The van der Waals surface area contributed by atoms with Crippen molar-refractivity contribution in [3.05, 3.63) is 40.9 Å². The molecule has 0 bridgehead atoms. The highest BCUT2D eigenvalue weighted by atomic mass is 35.5. The van der Waals surface area contributed by atoms with Crippen LogP contribution in [0.3, 0.4) is 0 Å². The summed E-state index contributed by atoms with van der Waals surface area (Å²) in [5, 5.41) is 3.05. The molecule has 0 aromatic carbocycles.